The van der Waals surface area contributed by atoms with E-state index in [1.54, 1.807) is 60.7 Å². The van der Waals surface area contributed by atoms with E-state index in [1.807, 2.05) is 0 Å². The Kier molecular flexibility index (Phi) is 4.39. The van der Waals surface area contributed by atoms with Crippen LogP contribution in [0.25, 0.3) is 11.1 Å². The van der Waals surface area contributed by atoms with Gasteiger partial charge in [0, 0.05) is 18.1 Å². The normalized spacial score (nSPS) is 13.1. The van der Waals surface area contributed by atoms with Crippen LogP contribution in [-0.2, 0) is 19.9 Å². The first-order valence-electron chi connectivity index (χ1n) is 8.87. The van der Waals surface area contributed by atoms with Gasteiger partial charge in [0.15, 0.2) is 0 Å². The van der Waals surface area contributed by atoms with Crippen molar-refractivity contribution in [1.82, 2.24) is 0 Å². The van der Waals surface area contributed by atoms with Gasteiger partial charge in [-0.2, -0.15) is 0 Å². The van der Waals surface area contributed by atoms with Crippen molar-refractivity contribution in [2.75, 3.05) is 0 Å². The molecule has 0 unspecified atom stereocenters. The summed E-state index contributed by atoms with van der Waals surface area (Å²) < 4.78 is 10.7. The topological polar surface area (TPSA) is 92.7 Å². The molecule has 0 amide bonds. The molecule has 144 valence electrons. The van der Waals surface area contributed by atoms with Gasteiger partial charge in [0.05, 0.1) is 5.97 Å². The second-order valence-corrected chi connectivity index (χ2v) is 6.54. The van der Waals surface area contributed by atoms with Crippen molar-refractivity contribution in [2.24, 2.45) is 0 Å². The number of aliphatic carboxylic acids is 1. The summed E-state index contributed by atoms with van der Waals surface area (Å²) >= 11 is 0. The molecule has 29 heavy (non-hydrogen) atoms. The predicted molar refractivity (Wildman–Crippen MR) is 101 cm³/mol. The number of carboxylic acids is 1. The highest BCUT2D eigenvalue weighted by Gasteiger charge is 2.48. The highest BCUT2D eigenvalue weighted by atomic mass is 16.6. The van der Waals surface area contributed by atoms with Crippen LogP contribution in [0.1, 0.15) is 28.4 Å². The first-order valence-corrected chi connectivity index (χ1v) is 8.87. The lowest BCUT2D eigenvalue weighted by atomic mass is 9.91. The molecule has 1 aliphatic carbocycles. The van der Waals surface area contributed by atoms with Crippen molar-refractivity contribution >= 4 is 17.9 Å². The van der Waals surface area contributed by atoms with Gasteiger partial charge >= 0.3 is 11.9 Å². The van der Waals surface area contributed by atoms with Gasteiger partial charge in [-0.25, -0.2) is 4.79 Å². The molecule has 4 rings (SSSR count). The molecule has 0 saturated carbocycles. The minimum atomic E-state index is -2.12. The molecular weight excluding hydrogens is 372 g/mol. The summed E-state index contributed by atoms with van der Waals surface area (Å²) in [7, 11) is 0. The van der Waals surface area contributed by atoms with Crippen LogP contribution in [0.3, 0.4) is 0 Å². The Balaban J connectivity index is 1.86. The maximum Gasteiger partial charge on any atom is 0.343 e. The molecule has 0 fully saturated rings. The fraction of sp³-hybridized carbons (Fsp3) is 0.0870. The number of para-hydroxylation sites is 1. The molecule has 1 aliphatic rings. The van der Waals surface area contributed by atoms with E-state index in [0.29, 0.717) is 22.3 Å². The van der Waals surface area contributed by atoms with Gasteiger partial charge in [-0.05, 0) is 23.3 Å². The molecule has 0 radical (unpaired) electrons. The van der Waals surface area contributed by atoms with Crippen LogP contribution in [0.15, 0.2) is 72.8 Å². The van der Waals surface area contributed by atoms with Crippen molar-refractivity contribution in [3.63, 3.8) is 0 Å². The van der Waals surface area contributed by atoms with Crippen LogP contribution in [0.4, 0.5) is 0 Å². The SMILES string of the molecule is CC(=O)Oc1ccccc1C(=O)OC1(C(=O)[O-])c2ccccc2-c2ccccc21. The van der Waals surface area contributed by atoms with Gasteiger partial charge in [0.25, 0.3) is 0 Å². The third-order valence-corrected chi connectivity index (χ3v) is 4.80. The van der Waals surface area contributed by atoms with Crippen LogP contribution in [0.2, 0.25) is 0 Å². The van der Waals surface area contributed by atoms with Crippen LogP contribution in [0, 0.1) is 0 Å². The Hall–Kier alpha value is -3.93. The summed E-state index contributed by atoms with van der Waals surface area (Å²) in [5.74, 6) is -3.14. The van der Waals surface area contributed by atoms with E-state index in [9.17, 15) is 19.5 Å². The van der Waals surface area contributed by atoms with E-state index in [4.69, 9.17) is 9.47 Å². The standard InChI is InChI=1S/C23H16O6/c1-14(24)28-20-13-7-4-10-17(20)21(25)29-23(22(26)27)18-11-5-2-8-15(18)16-9-3-6-12-19(16)23/h2-13H,1H3,(H,26,27)/p-1. The average molecular weight is 387 g/mol. The number of carbonyl (C=O) groups excluding carboxylic acids is 3. The highest BCUT2D eigenvalue weighted by Crippen LogP contribution is 2.49. The van der Waals surface area contributed by atoms with Gasteiger partial charge < -0.3 is 19.4 Å². The molecule has 6 nitrogen and oxygen atoms in total. The van der Waals surface area contributed by atoms with Crippen molar-refractivity contribution in [3.8, 4) is 16.9 Å². The Morgan fingerprint density at radius 1 is 0.793 bits per heavy atom. The number of rotatable bonds is 4. The lowest BCUT2D eigenvalue weighted by Crippen LogP contribution is -2.48. The smallest absolute Gasteiger partial charge is 0.343 e. The monoisotopic (exact) mass is 387 g/mol. The van der Waals surface area contributed by atoms with E-state index in [1.165, 1.54) is 19.1 Å². The summed E-state index contributed by atoms with van der Waals surface area (Å²) in [5, 5.41) is 12.4. The Morgan fingerprint density at radius 3 is 1.86 bits per heavy atom. The van der Waals surface area contributed by atoms with Crippen LogP contribution < -0.4 is 9.84 Å². The van der Waals surface area contributed by atoms with E-state index in [2.05, 4.69) is 0 Å². The van der Waals surface area contributed by atoms with Crippen molar-refractivity contribution in [3.05, 3.63) is 89.5 Å². The van der Waals surface area contributed by atoms with E-state index >= 15 is 0 Å². The molecule has 0 spiro atoms. The van der Waals surface area contributed by atoms with Gasteiger partial charge in [-0.3, -0.25) is 4.79 Å². The summed E-state index contributed by atoms with van der Waals surface area (Å²) in [6.45, 7) is 1.20. The Labute approximate surface area is 166 Å². The van der Waals surface area contributed by atoms with Crippen molar-refractivity contribution < 1.29 is 29.0 Å². The highest BCUT2D eigenvalue weighted by molar-refractivity contribution is 6.00. The number of hydrogen-bond donors (Lipinski definition) is 0. The lowest BCUT2D eigenvalue weighted by Gasteiger charge is -2.32. The fourth-order valence-corrected chi connectivity index (χ4v) is 3.64. The number of benzene rings is 3. The molecule has 0 heterocycles. The third kappa shape index (κ3) is 2.86. The largest absolute Gasteiger partial charge is 0.545 e. The van der Waals surface area contributed by atoms with E-state index < -0.39 is 23.5 Å². The number of carboxylic acid groups (broad SMARTS) is 1. The Bertz CT molecular complexity index is 1100. The van der Waals surface area contributed by atoms with E-state index in [0.717, 1.165) is 0 Å². The second kappa shape index (κ2) is 6.91. The minimum absolute atomic E-state index is 0.0157. The minimum Gasteiger partial charge on any atom is -0.545 e. The zero-order valence-electron chi connectivity index (χ0n) is 15.4. The van der Waals surface area contributed by atoms with Gasteiger partial charge in [-0.15, -0.1) is 0 Å². The van der Waals surface area contributed by atoms with Gasteiger partial charge in [-0.1, -0.05) is 60.7 Å². The molecule has 0 bridgehead atoms. The van der Waals surface area contributed by atoms with Gasteiger partial charge in [0.2, 0.25) is 5.60 Å². The average Bonchev–Trinajstić information content (AvgIpc) is 2.99. The molecule has 0 aliphatic heterocycles. The van der Waals surface area contributed by atoms with E-state index in [-0.39, 0.29) is 11.3 Å². The number of carbonyl (C=O) groups is 3. The zero-order chi connectivity index (χ0) is 20.6. The summed E-state index contributed by atoms with van der Waals surface area (Å²) in [4.78, 5) is 36.8. The quantitative estimate of drug-likeness (QED) is 0.504. The van der Waals surface area contributed by atoms with Crippen LogP contribution >= 0.6 is 0 Å². The molecule has 3 aromatic rings. The summed E-state index contributed by atoms with van der Waals surface area (Å²) in [6, 6.07) is 19.6. The fourth-order valence-electron chi connectivity index (χ4n) is 3.64. The summed E-state index contributed by atoms with van der Waals surface area (Å²) in [5.41, 5.74) is -0.279. The van der Waals surface area contributed by atoms with Crippen molar-refractivity contribution in [2.45, 2.75) is 12.5 Å². The predicted octanol–water partition coefficient (Wildman–Crippen LogP) is 2.44. The second-order valence-electron chi connectivity index (χ2n) is 6.54. The first kappa shape index (κ1) is 18.4. The third-order valence-electron chi connectivity index (χ3n) is 4.80. The molecule has 0 aromatic heterocycles. The molecule has 0 N–H and O–H groups in total. The first-order chi connectivity index (χ1) is 13.9. The molecule has 3 aromatic carbocycles. The summed E-state index contributed by atoms with van der Waals surface area (Å²) in [6.07, 6.45) is 0. The molecule has 0 atom stereocenters. The number of hydrogen-bond acceptors (Lipinski definition) is 6. The van der Waals surface area contributed by atoms with Crippen LogP contribution in [-0.4, -0.2) is 17.9 Å². The molecule has 0 saturated heterocycles. The number of fused-ring (bicyclic) bond motifs is 3. The maximum absolute atomic E-state index is 13.0. The van der Waals surface area contributed by atoms with Crippen LogP contribution in [0.5, 0.6) is 5.75 Å². The number of esters is 2. The van der Waals surface area contributed by atoms with Gasteiger partial charge in [0.1, 0.15) is 11.3 Å². The lowest BCUT2D eigenvalue weighted by molar-refractivity contribution is -0.322. The molecular formula is C23H15O6-. The number of ether oxygens (including phenoxy) is 2. The van der Waals surface area contributed by atoms with Crippen molar-refractivity contribution in [1.29, 1.82) is 0 Å². The maximum atomic E-state index is 13.0. The Morgan fingerprint density at radius 2 is 1.31 bits per heavy atom. The molecule has 6 heteroatoms. The zero-order valence-corrected chi connectivity index (χ0v) is 15.4.